The number of carbonyl (C=O) groups excluding carboxylic acids is 3. The lowest BCUT2D eigenvalue weighted by atomic mass is 9.70. The average Bonchev–Trinajstić information content (AvgIpc) is 3.18. The number of ketones is 2. The first kappa shape index (κ1) is 35.5. The maximum absolute atomic E-state index is 13.9. The van der Waals surface area contributed by atoms with Crippen LogP contribution in [0.4, 0.5) is 10.5 Å². The fraction of sp³-hybridized carbons (Fsp3) is 0.154. The van der Waals surface area contributed by atoms with Crippen LogP contribution in [0.2, 0.25) is 0 Å². The van der Waals surface area contributed by atoms with Gasteiger partial charge in [0.05, 0.1) is 29.9 Å². The number of phenols is 2. The van der Waals surface area contributed by atoms with Crippen molar-refractivity contribution >= 4 is 48.5 Å². The summed E-state index contributed by atoms with van der Waals surface area (Å²) in [6.07, 6.45) is -2.83. The van der Waals surface area contributed by atoms with Crippen molar-refractivity contribution in [1.82, 2.24) is 0 Å². The predicted octanol–water partition coefficient (Wildman–Crippen LogP) is 3.67. The zero-order valence-corrected chi connectivity index (χ0v) is 28.4. The highest BCUT2D eigenvalue weighted by Gasteiger charge is 2.50. The number of hydrogen-bond acceptors (Lipinski definition) is 11. The molecule has 0 fully saturated rings. The summed E-state index contributed by atoms with van der Waals surface area (Å²) in [5.41, 5.74) is -1.44. The van der Waals surface area contributed by atoms with Crippen molar-refractivity contribution in [3.8, 4) is 17.2 Å². The minimum Gasteiger partial charge on any atom is -0.507 e. The van der Waals surface area contributed by atoms with Crippen LogP contribution in [-0.2, 0) is 20.5 Å². The first-order valence-corrected chi connectivity index (χ1v) is 16.8. The Morgan fingerprint density at radius 1 is 0.774 bits per heavy atom. The van der Waals surface area contributed by atoms with E-state index in [9.17, 15) is 34.6 Å². The van der Waals surface area contributed by atoms with Gasteiger partial charge in [-0.25, -0.2) is 4.79 Å². The average molecular weight is 713 g/mol. The molecule has 7 rings (SSSR count). The van der Waals surface area contributed by atoms with Gasteiger partial charge in [0, 0.05) is 40.8 Å². The summed E-state index contributed by atoms with van der Waals surface area (Å²) in [5.74, 6) is -2.03. The number of amides is 1. The number of phenolic OH excluding ortho intramolecular Hbond substituents is 2. The minimum atomic E-state index is -1.71. The van der Waals surface area contributed by atoms with Crippen molar-refractivity contribution in [3.63, 3.8) is 0 Å². The third-order valence-electron chi connectivity index (χ3n) is 9.47. The summed E-state index contributed by atoms with van der Waals surface area (Å²) in [6.45, 7) is -0.535. The number of benzene rings is 5. The molecular weight excluding hydrogens is 680 g/mol. The molecule has 12 nitrogen and oxygen atoms in total. The molecule has 0 radical (unpaired) electrons. The molecule has 2 aliphatic rings. The van der Waals surface area contributed by atoms with Gasteiger partial charge in [-0.1, -0.05) is 84.9 Å². The lowest BCUT2D eigenvalue weighted by Crippen LogP contribution is -2.53. The first-order chi connectivity index (χ1) is 25.6. The molecule has 0 aliphatic heterocycles. The van der Waals surface area contributed by atoms with Crippen molar-refractivity contribution in [3.05, 3.63) is 143 Å². The number of anilines is 1. The maximum Gasteiger partial charge on any atom is 0.491 e. The SMILES string of the molecule is COc1ccc(NC(=O)OC[C@]2(OB(O)c3ccccc3)Cc3c(O)c4c(c(O)c3[C@@H](OB(O)c3ccccc3)C2)C(=O)c2ccccc2C4=O)cc1. The second-order valence-corrected chi connectivity index (χ2v) is 12.8. The van der Waals surface area contributed by atoms with Crippen molar-refractivity contribution in [1.29, 1.82) is 0 Å². The maximum atomic E-state index is 13.9. The number of aromatic hydroxyl groups is 2. The number of nitrogens with one attached hydrogen (secondary N) is 1. The summed E-state index contributed by atoms with van der Waals surface area (Å²) < 4.78 is 23.4. The second-order valence-electron chi connectivity index (χ2n) is 12.8. The highest BCUT2D eigenvalue weighted by molar-refractivity contribution is 6.60. The lowest BCUT2D eigenvalue weighted by molar-refractivity contribution is -0.0495. The van der Waals surface area contributed by atoms with Crippen molar-refractivity contribution in [2.75, 3.05) is 19.0 Å². The van der Waals surface area contributed by atoms with Crippen LogP contribution < -0.4 is 21.0 Å². The van der Waals surface area contributed by atoms with E-state index in [1.165, 1.54) is 19.2 Å². The third-order valence-corrected chi connectivity index (χ3v) is 9.47. The molecule has 5 aromatic rings. The molecule has 0 saturated heterocycles. The van der Waals surface area contributed by atoms with Crippen LogP contribution in [0.5, 0.6) is 17.2 Å². The van der Waals surface area contributed by atoms with Crippen LogP contribution in [0, 0.1) is 0 Å². The van der Waals surface area contributed by atoms with E-state index in [1.54, 1.807) is 97.1 Å². The molecule has 0 spiro atoms. The van der Waals surface area contributed by atoms with Crippen LogP contribution in [0.15, 0.2) is 109 Å². The Balaban J connectivity index is 1.33. The van der Waals surface area contributed by atoms with Gasteiger partial charge in [-0.05, 0) is 35.2 Å². The summed E-state index contributed by atoms with van der Waals surface area (Å²) in [4.78, 5) is 40.9. The van der Waals surface area contributed by atoms with E-state index in [4.69, 9.17) is 18.8 Å². The van der Waals surface area contributed by atoms with E-state index in [2.05, 4.69) is 5.32 Å². The molecule has 266 valence electrons. The molecule has 5 aromatic carbocycles. The molecule has 2 atom stereocenters. The fourth-order valence-corrected chi connectivity index (χ4v) is 6.89. The smallest absolute Gasteiger partial charge is 0.491 e. The topological polar surface area (TPSA) is 181 Å². The number of fused-ring (bicyclic) bond motifs is 3. The minimum absolute atomic E-state index is 0.0447. The monoisotopic (exact) mass is 713 g/mol. The number of ether oxygens (including phenoxy) is 2. The van der Waals surface area contributed by atoms with Crippen LogP contribution in [-0.4, -0.2) is 71.5 Å². The quantitative estimate of drug-likeness (QED) is 0.103. The van der Waals surface area contributed by atoms with Crippen molar-refractivity contribution < 1.29 is 53.4 Å². The van der Waals surface area contributed by atoms with Crippen LogP contribution >= 0.6 is 0 Å². The lowest BCUT2D eigenvalue weighted by Gasteiger charge is -2.43. The number of hydrogen-bond donors (Lipinski definition) is 5. The molecule has 0 unspecified atom stereocenters. The summed E-state index contributed by atoms with van der Waals surface area (Å²) in [5, 5.41) is 49.1. The molecule has 5 N–H and O–H groups in total. The van der Waals surface area contributed by atoms with Crippen LogP contribution in [0.25, 0.3) is 0 Å². The van der Waals surface area contributed by atoms with Gasteiger partial charge in [-0.3, -0.25) is 14.9 Å². The van der Waals surface area contributed by atoms with E-state index in [0.29, 0.717) is 22.4 Å². The van der Waals surface area contributed by atoms with E-state index in [0.717, 1.165) is 0 Å². The van der Waals surface area contributed by atoms with Gasteiger partial charge >= 0.3 is 20.3 Å². The predicted molar refractivity (Wildman–Crippen MR) is 195 cm³/mol. The van der Waals surface area contributed by atoms with Gasteiger partial charge in [0.25, 0.3) is 0 Å². The molecule has 0 bridgehead atoms. The number of carbonyl (C=O) groups is 3. The van der Waals surface area contributed by atoms with Gasteiger partial charge in [-0.15, -0.1) is 0 Å². The van der Waals surface area contributed by atoms with Gasteiger partial charge in [0.15, 0.2) is 11.6 Å². The van der Waals surface area contributed by atoms with Crippen molar-refractivity contribution in [2.45, 2.75) is 24.5 Å². The number of rotatable bonds is 10. The Morgan fingerprint density at radius 3 is 1.91 bits per heavy atom. The molecule has 53 heavy (non-hydrogen) atoms. The van der Waals surface area contributed by atoms with Gasteiger partial charge in [0.2, 0.25) is 0 Å². The third kappa shape index (κ3) is 6.88. The Morgan fingerprint density at radius 2 is 1.32 bits per heavy atom. The standard InChI is InChI=1S/C39H33B2NO11/c1-50-26-18-16-25(17-19-26)42-38(47)51-22-39(53-41(49)24-12-6-3-7-13-24)20-29-31(30(21-39)52-40(48)23-10-4-2-5-11-23)37(46)33-32(36(29)45)34(43)27-14-8-9-15-28(27)35(33)44/h2-19,30,45-46,48-49H,20-22H2,1H3,(H,42,47)/t30-,39-/m0/s1. The molecule has 0 heterocycles. The second kappa shape index (κ2) is 14.6. The Hall–Kier alpha value is -5.92. The Kier molecular flexibility index (Phi) is 9.78. The molecule has 1 amide bonds. The summed E-state index contributed by atoms with van der Waals surface area (Å²) in [7, 11) is -1.66. The number of methoxy groups -OCH3 is 1. The normalized spacial score (nSPS) is 17.2. The van der Waals surface area contributed by atoms with Gasteiger partial charge < -0.3 is 39.0 Å². The summed E-state index contributed by atoms with van der Waals surface area (Å²) >= 11 is 0. The molecule has 0 saturated carbocycles. The zero-order valence-electron chi connectivity index (χ0n) is 28.4. The van der Waals surface area contributed by atoms with E-state index in [1.807, 2.05) is 0 Å². The van der Waals surface area contributed by atoms with Gasteiger partial charge in [0.1, 0.15) is 23.9 Å². The highest BCUT2D eigenvalue weighted by Crippen LogP contribution is 2.52. The van der Waals surface area contributed by atoms with E-state index in [-0.39, 0.29) is 35.1 Å². The Labute approximate surface area is 304 Å². The van der Waals surface area contributed by atoms with E-state index < -0.39 is 72.8 Å². The zero-order chi connectivity index (χ0) is 37.3. The van der Waals surface area contributed by atoms with Crippen molar-refractivity contribution in [2.24, 2.45) is 0 Å². The first-order valence-electron chi connectivity index (χ1n) is 16.8. The molecule has 0 aromatic heterocycles. The fourth-order valence-electron chi connectivity index (χ4n) is 6.89. The summed E-state index contributed by atoms with van der Waals surface area (Å²) in [6, 6.07) is 29.4. The highest BCUT2D eigenvalue weighted by atomic mass is 16.6. The van der Waals surface area contributed by atoms with E-state index >= 15 is 0 Å². The molecular formula is C39H33B2NO11. The van der Waals surface area contributed by atoms with Gasteiger partial charge in [-0.2, -0.15) is 0 Å². The van der Waals surface area contributed by atoms with Crippen LogP contribution in [0.3, 0.4) is 0 Å². The Bertz CT molecular complexity index is 2180. The molecule has 14 heteroatoms. The molecule has 2 aliphatic carbocycles. The largest absolute Gasteiger partial charge is 0.507 e. The van der Waals surface area contributed by atoms with Crippen LogP contribution in [0.1, 0.15) is 55.5 Å².